The van der Waals surface area contributed by atoms with Gasteiger partial charge in [-0.1, -0.05) is 30.5 Å². The molecule has 0 aromatic heterocycles. The Hall–Kier alpha value is -1.08. The van der Waals surface area contributed by atoms with Crippen LogP contribution in [0.5, 0.6) is 0 Å². The predicted octanol–water partition coefficient (Wildman–Crippen LogP) is 5.09. The topological polar surface area (TPSA) is 3.01 Å². The molecule has 1 aliphatic heterocycles. The number of hydrogen-bond donors (Lipinski definition) is 0. The van der Waals surface area contributed by atoms with Crippen LogP contribution in [-0.2, 0) is 5.41 Å². The van der Waals surface area contributed by atoms with E-state index in [4.69, 9.17) is 11.6 Å². The Kier molecular flexibility index (Phi) is 3.50. The zero-order chi connectivity index (χ0) is 14.3. The summed E-state index contributed by atoms with van der Waals surface area (Å²) in [5, 5.41) is 0.825. The molecule has 2 heteroatoms. The maximum absolute atomic E-state index is 6.18. The van der Waals surface area contributed by atoms with Crippen LogP contribution in [0.2, 0.25) is 5.02 Å². The number of rotatable bonds is 2. The number of benzene rings is 1. The number of allylic oxidation sites excluding steroid dienone is 2. The summed E-state index contributed by atoms with van der Waals surface area (Å²) < 4.78 is 2.32. The van der Waals surface area contributed by atoms with Crippen LogP contribution in [0.15, 0.2) is 30.4 Å². The van der Waals surface area contributed by atoms with E-state index in [9.17, 15) is 0 Å². The Bertz CT molecular complexity index is 589. The molecule has 2 aliphatic rings. The summed E-state index contributed by atoms with van der Waals surface area (Å²) in [5.74, 6) is 0.777. The zero-order valence-electron chi connectivity index (χ0n) is 12.6. The third kappa shape index (κ3) is 2.22. The van der Waals surface area contributed by atoms with E-state index in [0.29, 0.717) is 0 Å². The Labute approximate surface area is 127 Å². The second-order valence-electron chi connectivity index (χ2n) is 6.63. The number of nitrogens with zero attached hydrogens (tertiary/aromatic N) is 1. The van der Waals surface area contributed by atoms with Gasteiger partial charge in [0.25, 0.3) is 0 Å². The number of hydrogen-bond acceptors (Lipinski definition) is 0. The van der Waals surface area contributed by atoms with Gasteiger partial charge in [0.05, 0.1) is 5.41 Å². The highest BCUT2D eigenvalue weighted by Crippen LogP contribution is 2.40. The van der Waals surface area contributed by atoms with Crippen molar-refractivity contribution in [2.45, 2.75) is 44.9 Å². The molecule has 0 unspecified atom stereocenters. The van der Waals surface area contributed by atoms with Crippen LogP contribution in [0.1, 0.15) is 45.1 Å². The van der Waals surface area contributed by atoms with Gasteiger partial charge in [-0.05, 0) is 44.7 Å². The van der Waals surface area contributed by atoms with E-state index < -0.39 is 0 Å². The molecule has 20 heavy (non-hydrogen) atoms. The summed E-state index contributed by atoms with van der Waals surface area (Å²) in [5.41, 5.74) is 4.02. The van der Waals surface area contributed by atoms with Gasteiger partial charge in [0, 0.05) is 22.7 Å². The molecule has 1 aromatic rings. The average Bonchev–Trinajstić information content (AvgIpc) is 2.96. The highest BCUT2D eigenvalue weighted by atomic mass is 35.5. The van der Waals surface area contributed by atoms with Crippen LogP contribution < -0.4 is 0 Å². The van der Waals surface area contributed by atoms with E-state index in [1.165, 1.54) is 42.6 Å². The summed E-state index contributed by atoms with van der Waals surface area (Å²) in [6.07, 6.45) is 10.3. The van der Waals surface area contributed by atoms with Crippen LogP contribution in [0, 0.1) is 5.92 Å². The lowest BCUT2D eigenvalue weighted by atomic mass is 9.81. The van der Waals surface area contributed by atoms with Gasteiger partial charge in [-0.3, -0.25) is 0 Å². The van der Waals surface area contributed by atoms with E-state index >= 15 is 0 Å². The van der Waals surface area contributed by atoms with Crippen molar-refractivity contribution in [3.63, 3.8) is 0 Å². The maximum Gasteiger partial charge on any atom is 0.209 e. The molecule has 0 atom stereocenters. The SMILES string of the molecule is C[N+]1=C(/C=C/C2CCCC2)C(C)(C)c2cc(Cl)ccc21. The smallest absolute Gasteiger partial charge is 0.198 e. The summed E-state index contributed by atoms with van der Waals surface area (Å²) in [6, 6.07) is 6.23. The molecule has 106 valence electrons. The molecule has 1 nitrogen and oxygen atoms in total. The van der Waals surface area contributed by atoms with Crippen LogP contribution in [-0.4, -0.2) is 17.3 Å². The average molecular weight is 289 g/mol. The molecular formula is C18H23ClN+. The van der Waals surface area contributed by atoms with Gasteiger partial charge in [0.2, 0.25) is 5.69 Å². The standard InChI is InChI=1S/C18H23ClN/c1-18(2)15-12-14(19)9-10-16(15)20(3)17(18)11-8-13-6-4-5-7-13/h8-13H,4-7H2,1-3H3/q+1/b11-8+. The van der Waals surface area contributed by atoms with E-state index in [2.05, 4.69) is 49.8 Å². The minimum Gasteiger partial charge on any atom is -0.198 e. The molecule has 0 spiro atoms. The second-order valence-corrected chi connectivity index (χ2v) is 7.07. The van der Waals surface area contributed by atoms with Crippen molar-refractivity contribution < 1.29 is 4.58 Å². The van der Waals surface area contributed by atoms with Crippen LogP contribution in [0.3, 0.4) is 0 Å². The molecule has 0 radical (unpaired) electrons. The zero-order valence-corrected chi connectivity index (χ0v) is 13.4. The van der Waals surface area contributed by atoms with Gasteiger partial charge < -0.3 is 0 Å². The summed E-state index contributed by atoms with van der Waals surface area (Å²) in [6.45, 7) is 4.58. The minimum atomic E-state index is 0.0318. The monoisotopic (exact) mass is 288 g/mol. The van der Waals surface area contributed by atoms with Gasteiger partial charge in [0.1, 0.15) is 7.05 Å². The molecule has 1 fully saturated rings. The number of fused-ring (bicyclic) bond motifs is 1. The fraction of sp³-hybridized carbons (Fsp3) is 0.500. The quantitative estimate of drug-likeness (QED) is 0.667. The second kappa shape index (κ2) is 5.04. The first kappa shape index (κ1) is 13.9. The van der Waals surface area contributed by atoms with Crippen molar-refractivity contribution in [3.8, 4) is 0 Å². The Morgan fingerprint density at radius 2 is 1.95 bits per heavy atom. The van der Waals surface area contributed by atoms with Gasteiger partial charge in [0.15, 0.2) is 5.71 Å². The van der Waals surface area contributed by atoms with Crippen LogP contribution >= 0.6 is 11.6 Å². The lowest BCUT2D eigenvalue weighted by molar-refractivity contribution is -0.401. The van der Waals surface area contributed by atoms with E-state index in [-0.39, 0.29) is 5.41 Å². The van der Waals surface area contributed by atoms with Gasteiger partial charge in [-0.25, -0.2) is 0 Å². The first-order valence-electron chi connectivity index (χ1n) is 7.59. The Morgan fingerprint density at radius 1 is 1.25 bits per heavy atom. The Balaban J connectivity index is 1.97. The van der Waals surface area contributed by atoms with Gasteiger partial charge in [-0.2, -0.15) is 4.58 Å². The first-order valence-corrected chi connectivity index (χ1v) is 7.97. The van der Waals surface area contributed by atoms with Crippen molar-refractivity contribution in [2.75, 3.05) is 7.05 Å². The lowest BCUT2D eigenvalue weighted by Crippen LogP contribution is -2.26. The Morgan fingerprint density at radius 3 is 2.65 bits per heavy atom. The van der Waals surface area contributed by atoms with E-state index in [1.807, 2.05) is 6.07 Å². The normalized spacial score (nSPS) is 22.0. The largest absolute Gasteiger partial charge is 0.209 e. The third-order valence-corrected chi connectivity index (χ3v) is 5.16. The molecule has 0 amide bonds. The summed E-state index contributed by atoms with van der Waals surface area (Å²) >= 11 is 6.18. The van der Waals surface area contributed by atoms with E-state index in [0.717, 1.165) is 10.9 Å². The molecular weight excluding hydrogens is 266 g/mol. The first-order chi connectivity index (χ1) is 9.50. The molecule has 0 bridgehead atoms. The highest BCUT2D eigenvalue weighted by Gasteiger charge is 2.42. The molecule has 1 saturated carbocycles. The lowest BCUT2D eigenvalue weighted by Gasteiger charge is -2.15. The predicted molar refractivity (Wildman–Crippen MR) is 86.4 cm³/mol. The fourth-order valence-corrected chi connectivity index (χ4v) is 3.86. The van der Waals surface area contributed by atoms with Crippen molar-refractivity contribution >= 4 is 23.0 Å². The van der Waals surface area contributed by atoms with Crippen LogP contribution in [0.4, 0.5) is 5.69 Å². The molecule has 1 heterocycles. The molecule has 1 aliphatic carbocycles. The third-order valence-electron chi connectivity index (χ3n) is 4.92. The minimum absolute atomic E-state index is 0.0318. The van der Waals surface area contributed by atoms with Gasteiger partial charge in [-0.15, -0.1) is 0 Å². The van der Waals surface area contributed by atoms with Crippen molar-refractivity contribution in [3.05, 3.63) is 40.9 Å². The summed E-state index contributed by atoms with van der Waals surface area (Å²) in [4.78, 5) is 0. The number of halogens is 1. The van der Waals surface area contributed by atoms with Crippen molar-refractivity contribution in [2.24, 2.45) is 5.92 Å². The fourth-order valence-electron chi connectivity index (χ4n) is 3.69. The molecule has 0 saturated heterocycles. The summed E-state index contributed by atoms with van der Waals surface area (Å²) in [7, 11) is 2.16. The van der Waals surface area contributed by atoms with Crippen molar-refractivity contribution in [1.29, 1.82) is 0 Å². The van der Waals surface area contributed by atoms with Crippen LogP contribution in [0.25, 0.3) is 0 Å². The molecule has 3 rings (SSSR count). The maximum atomic E-state index is 6.18. The highest BCUT2D eigenvalue weighted by molar-refractivity contribution is 6.30. The molecule has 0 N–H and O–H groups in total. The molecule has 1 aromatic carbocycles. The van der Waals surface area contributed by atoms with Gasteiger partial charge >= 0.3 is 0 Å². The van der Waals surface area contributed by atoms with Crippen molar-refractivity contribution in [1.82, 2.24) is 0 Å². The van der Waals surface area contributed by atoms with E-state index in [1.54, 1.807) is 0 Å².